The number of thiophene rings is 1. The largest absolute Gasteiger partial charge is 0.481 e. The minimum Gasteiger partial charge on any atom is -0.481 e. The number of halogens is 1. The Balaban J connectivity index is 1.88. The van der Waals surface area contributed by atoms with E-state index in [1.807, 2.05) is 11.4 Å². The number of hydrogen-bond acceptors (Lipinski definition) is 3. The number of nitrogens with one attached hydrogen (secondary N) is 1. The fourth-order valence-corrected chi connectivity index (χ4v) is 3.69. The van der Waals surface area contributed by atoms with Gasteiger partial charge in [-0.3, -0.25) is 9.59 Å². The molecule has 1 aliphatic rings. The van der Waals surface area contributed by atoms with Gasteiger partial charge in [0.2, 0.25) is 0 Å². The second kappa shape index (κ2) is 6.01. The second-order valence-electron chi connectivity index (χ2n) is 4.49. The molecular formula is C12H14INO3S. The van der Waals surface area contributed by atoms with Crippen LogP contribution >= 0.6 is 33.9 Å². The van der Waals surface area contributed by atoms with Crippen molar-refractivity contribution in [1.82, 2.24) is 5.32 Å². The molecule has 98 valence electrons. The maximum Gasteiger partial charge on any atom is 0.306 e. The van der Waals surface area contributed by atoms with Gasteiger partial charge in [-0.15, -0.1) is 11.3 Å². The lowest BCUT2D eigenvalue weighted by Crippen LogP contribution is -2.32. The van der Waals surface area contributed by atoms with Crippen molar-refractivity contribution >= 4 is 45.8 Å². The van der Waals surface area contributed by atoms with Crippen molar-refractivity contribution in [1.29, 1.82) is 0 Å². The molecule has 1 saturated carbocycles. The van der Waals surface area contributed by atoms with Gasteiger partial charge in [-0.2, -0.15) is 0 Å². The molecule has 1 aromatic rings. The van der Waals surface area contributed by atoms with Gasteiger partial charge in [0.05, 0.1) is 14.4 Å². The Labute approximate surface area is 123 Å². The topological polar surface area (TPSA) is 66.4 Å². The average molecular weight is 379 g/mol. The summed E-state index contributed by atoms with van der Waals surface area (Å²) in [7, 11) is 0. The minimum atomic E-state index is -0.739. The summed E-state index contributed by atoms with van der Waals surface area (Å²) >= 11 is 3.70. The van der Waals surface area contributed by atoms with Crippen LogP contribution in [0.15, 0.2) is 11.4 Å². The summed E-state index contributed by atoms with van der Waals surface area (Å²) in [6.07, 6.45) is 2.55. The van der Waals surface area contributed by atoms with E-state index in [9.17, 15) is 9.59 Å². The number of carboxylic acid groups (broad SMARTS) is 1. The first-order valence-electron chi connectivity index (χ1n) is 5.83. The van der Waals surface area contributed by atoms with E-state index >= 15 is 0 Å². The number of carbonyl (C=O) groups excluding carboxylic acids is 1. The van der Waals surface area contributed by atoms with Crippen molar-refractivity contribution in [2.24, 2.45) is 11.8 Å². The lowest BCUT2D eigenvalue weighted by atomic mass is 9.96. The summed E-state index contributed by atoms with van der Waals surface area (Å²) in [5, 5.41) is 13.7. The predicted octanol–water partition coefficient (Wildman–Crippen LogP) is 2.58. The molecule has 1 amide bonds. The Hall–Kier alpha value is -0.630. The highest BCUT2D eigenvalue weighted by Crippen LogP contribution is 2.31. The molecule has 0 aromatic carbocycles. The number of amides is 1. The van der Waals surface area contributed by atoms with E-state index in [0.29, 0.717) is 12.1 Å². The van der Waals surface area contributed by atoms with Gasteiger partial charge in [-0.05, 0) is 47.4 Å². The molecule has 2 atom stereocenters. The third-order valence-corrected chi connectivity index (χ3v) is 5.12. The standard InChI is InChI=1S/C12H14INO3S/c13-10-4-8(6-18-10)11(15)14-5-7-2-1-3-9(7)12(16)17/h4,6-7,9H,1-3,5H2,(H,14,15)(H,16,17). The highest BCUT2D eigenvalue weighted by molar-refractivity contribution is 14.1. The molecule has 0 aliphatic heterocycles. The van der Waals surface area contributed by atoms with E-state index < -0.39 is 5.97 Å². The molecular weight excluding hydrogens is 365 g/mol. The van der Waals surface area contributed by atoms with E-state index in [1.165, 1.54) is 11.3 Å². The molecule has 2 unspecified atom stereocenters. The number of hydrogen-bond donors (Lipinski definition) is 2. The van der Waals surface area contributed by atoms with Gasteiger partial charge in [0.25, 0.3) is 5.91 Å². The lowest BCUT2D eigenvalue weighted by Gasteiger charge is -2.15. The molecule has 0 radical (unpaired) electrons. The van der Waals surface area contributed by atoms with E-state index in [0.717, 1.165) is 22.1 Å². The van der Waals surface area contributed by atoms with Crippen LogP contribution in [0.1, 0.15) is 29.6 Å². The number of carboxylic acids is 1. The van der Waals surface area contributed by atoms with Crippen molar-refractivity contribution in [3.63, 3.8) is 0 Å². The molecule has 2 N–H and O–H groups in total. The van der Waals surface area contributed by atoms with Crippen LogP contribution in [0.5, 0.6) is 0 Å². The molecule has 4 nitrogen and oxygen atoms in total. The monoisotopic (exact) mass is 379 g/mol. The first kappa shape index (κ1) is 13.8. The minimum absolute atomic E-state index is 0.0733. The van der Waals surface area contributed by atoms with Crippen molar-refractivity contribution < 1.29 is 14.7 Å². The van der Waals surface area contributed by atoms with Gasteiger partial charge in [0.15, 0.2) is 0 Å². The number of carbonyl (C=O) groups is 2. The number of aliphatic carboxylic acids is 1. The van der Waals surface area contributed by atoms with Gasteiger partial charge in [-0.25, -0.2) is 0 Å². The fourth-order valence-electron chi connectivity index (χ4n) is 2.36. The summed E-state index contributed by atoms with van der Waals surface area (Å²) in [6.45, 7) is 0.461. The van der Waals surface area contributed by atoms with E-state index in [1.54, 1.807) is 0 Å². The zero-order chi connectivity index (χ0) is 13.1. The van der Waals surface area contributed by atoms with Crippen molar-refractivity contribution in [2.45, 2.75) is 19.3 Å². The number of rotatable bonds is 4. The van der Waals surface area contributed by atoms with Gasteiger partial charge in [0.1, 0.15) is 0 Å². The normalized spacial score (nSPS) is 22.9. The fraction of sp³-hybridized carbons (Fsp3) is 0.500. The van der Waals surface area contributed by atoms with Crippen LogP contribution in [0.25, 0.3) is 0 Å². The maximum absolute atomic E-state index is 11.8. The van der Waals surface area contributed by atoms with Gasteiger partial charge in [0, 0.05) is 11.9 Å². The van der Waals surface area contributed by atoms with Crippen LogP contribution in [0.4, 0.5) is 0 Å². The highest BCUT2D eigenvalue weighted by atomic mass is 127. The van der Waals surface area contributed by atoms with Crippen LogP contribution in [0.2, 0.25) is 0 Å². The lowest BCUT2D eigenvalue weighted by molar-refractivity contribution is -0.142. The first-order valence-corrected chi connectivity index (χ1v) is 7.79. The zero-order valence-electron chi connectivity index (χ0n) is 9.69. The third-order valence-electron chi connectivity index (χ3n) is 3.33. The summed E-state index contributed by atoms with van der Waals surface area (Å²) in [4.78, 5) is 22.9. The highest BCUT2D eigenvalue weighted by Gasteiger charge is 2.32. The Bertz CT molecular complexity index is 460. The Morgan fingerprint density at radius 1 is 1.50 bits per heavy atom. The molecule has 0 saturated heterocycles. The molecule has 1 aliphatic carbocycles. The molecule has 6 heteroatoms. The SMILES string of the molecule is O=C(NCC1CCCC1C(=O)O)c1csc(I)c1. The molecule has 0 spiro atoms. The summed E-state index contributed by atoms with van der Waals surface area (Å²) in [5.41, 5.74) is 0.661. The van der Waals surface area contributed by atoms with E-state index in [4.69, 9.17) is 5.11 Å². The van der Waals surface area contributed by atoms with Crippen LogP contribution in [0.3, 0.4) is 0 Å². The Morgan fingerprint density at radius 3 is 2.89 bits per heavy atom. The van der Waals surface area contributed by atoms with Crippen molar-refractivity contribution in [3.8, 4) is 0 Å². The summed E-state index contributed by atoms with van der Waals surface area (Å²) < 4.78 is 1.07. The predicted molar refractivity (Wildman–Crippen MR) is 77.8 cm³/mol. The molecule has 18 heavy (non-hydrogen) atoms. The molecule has 1 aromatic heterocycles. The van der Waals surface area contributed by atoms with E-state index in [-0.39, 0.29) is 17.7 Å². The van der Waals surface area contributed by atoms with Crippen molar-refractivity contribution in [2.75, 3.05) is 6.54 Å². The summed E-state index contributed by atoms with van der Waals surface area (Å²) in [6, 6.07) is 1.84. The van der Waals surface area contributed by atoms with Gasteiger partial charge >= 0.3 is 5.97 Å². The van der Waals surface area contributed by atoms with Crippen molar-refractivity contribution in [3.05, 3.63) is 19.9 Å². The molecule has 0 bridgehead atoms. The molecule has 1 fully saturated rings. The Kier molecular flexibility index (Phi) is 4.60. The smallest absolute Gasteiger partial charge is 0.306 e. The first-order chi connectivity index (χ1) is 8.58. The van der Waals surface area contributed by atoms with Crippen LogP contribution in [-0.4, -0.2) is 23.5 Å². The van der Waals surface area contributed by atoms with E-state index in [2.05, 4.69) is 27.9 Å². The maximum atomic E-state index is 11.8. The zero-order valence-corrected chi connectivity index (χ0v) is 12.7. The Morgan fingerprint density at radius 2 is 2.28 bits per heavy atom. The van der Waals surface area contributed by atoms with Crippen LogP contribution in [-0.2, 0) is 4.79 Å². The molecule has 1 heterocycles. The summed E-state index contributed by atoms with van der Waals surface area (Å²) in [5.74, 6) is -1.07. The van der Waals surface area contributed by atoms with Crippen LogP contribution < -0.4 is 5.32 Å². The quantitative estimate of drug-likeness (QED) is 0.791. The van der Waals surface area contributed by atoms with Gasteiger partial charge in [-0.1, -0.05) is 6.42 Å². The molecule has 2 rings (SSSR count). The average Bonchev–Trinajstić information content (AvgIpc) is 2.94. The second-order valence-corrected chi connectivity index (χ2v) is 7.29. The van der Waals surface area contributed by atoms with Gasteiger partial charge < -0.3 is 10.4 Å². The third kappa shape index (κ3) is 3.23. The van der Waals surface area contributed by atoms with Crippen LogP contribution in [0, 0.1) is 14.7 Å².